The minimum absolute atomic E-state index is 0.352. The third-order valence-electron chi connectivity index (χ3n) is 3.05. The van der Waals surface area contributed by atoms with Gasteiger partial charge in [-0.15, -0.1) is 0 Å². The molecule has 1 fully saturated rings. The lowest BCUT2D eigenvalue weighted by molar-refractivity contribution is 0.245. The highest BCUT2D eigenvalue weighted by Crippen LogP contribution is 2.21. The first kappa shape index (κ1) is 11.0. The molecular weight excluding hydrogens is 160 g/mol. The largest absolute Gasteiger partial charge is 0.310 e. The molecule has 1 heterocycles. The third-order valence-corrected chi connectivity index (χ3v) is 3.05. The van der Waals surface area contributed by atoms with Crippen molar-refractivity contribution in [3.05, 3.63) is 0 Å². The second-order valence-corrected chi connectivity index (χ2v) is 4.96. The van der Waals surface area contributed by atoms with Gasteiger partial charge in [0.15, 0.2) is 0 Å². The van der Waals surface area contributed by atoms with Crippen LogP contribution in [0.15, 0.2) is 0 Å². The van der Waals surface area contributed by atoms with E-state index in [-0.39, 0.29) is 0 Å². The van der Waals surface area contributed by atoms with Crippen LogP contribution < -0.4 is 5.32 Å². The maximum Gasteiger partial charge on any atom is 0.0235 e. The molecule has 0 aromatic rings. The first-order valence-corrected chi connectivity index (χ1v) is 5.50. The molecule has 1 atom stereocenters. The van der Waals surface area contributed by atoms with E-state index in [1.54, 1.807) is 0 Å². The molecule has 13 heavy (non-hydrogen) atoms. The number of nitrogens with zero attached hydrogens (tertiary/aromatic N) is 1. The molecular formula is C11H24N2. The van der Waals surface area contributed by atoms with Crippen molar-refractivity contribution in [2.75, 3.05) is 20.1 Å². The lowest BCUT2D eigenvalue weighted by atomic mass is 10.0. The van der Waals surface area contributed by atoms with Crippen LogP contribution in [-0.2, 0) is 0 Å². The van der Waals surface area contributed by atoms with Crippen LogP contribution in [0, 0.1) is 0 Å². The van der Waals surface area contributed by atoms with Crippen LogP contribution in [-0.4, -0.2) is 36.6 Å². The van der Waals surface area contributed by atoms with E-state index in [0.717, 1.165) is 12.6 Å². The summed E-state index contributed by atoms with van der Waals surface area (Å²) in [5.74, 6) is 0. The van der Waals surface area contributed by atoms with Crippen molar-refractivity contribution in [1.82, 2.24) is 10.2 Å². The predicted octanol–water partition coefficient (Wildman–Crippen LogP) is 1.86. The number of hydrogen-bond donors (Lipinski definition) is 1. The van der Waals surface area contributed by atoms with Crippen LogP contribution in [0.25, 0.3) is 0 Å². The number of unbranched alkanes of at least 4 members (excludes halogenated alkanes) is 1. The summed E-state index contributed by atoms with van der Waals surface area (Å²) in [5.41, 5.74) is 0.352. The van der Waals surface area contributed by atoms with E-state index < -0.39 is 0 Å². The van der Waals surface area contributed by atoms with E-state index in [1.807, 2.05) is 0 Å². The smallest absolute Gasteiger partial charge is 0.0235 e. The van der Waals surface area contributed by atoms with Gasteiger partial charge in [0.2, 0.25) is 0 Å². The highest BCUT2D eigenvalue weighted by molar-refractivity contribution is 4.93. The first-order valence-electron chi connectivity index (χ1n) is 5.50. The molecule has 0 amide bonds. The van der Waals surface area contributed by atoms with E-state index in [4.69, 9.17) is 0 Å². The van der Waals surface area contributed by atoms with E-state index in [1.165, 1.54) is 25.8 Å². The summed E-state index contributed by atoms with van der Waals surface area (Å²) in [4.78, 5) is 2.51. The Balaban J connectivity index is 2.29. The average molecular weight is 184 g/mol. The quantitative estimate of drug-likeness (QED) is 0.717. The summed E-state index contributed by atoms with van der Waals surface area (Å²) >= 11 is 0. The maximum absolute atomic E-state index is 3.56. The Bertz CT molecular complexity index is 154. The molecule has 1 saturated heterocycles. The highest BCUT2D eigenvalue weighted by Gasteiger charge is 2.31. The second kappa shape index (κ2) is 4.43. The Hall–Kier alpha value is -0.0800. The summed E-state index contributed by atoms with van der Waals surface area (Å²) in [6, 6.07) is 0.751. The molecule has 2 nitrogen and oxygen atoms in total. The van der Waals surface area contributed by atoms with E-state index in [9.17, 15) is 0 Å². The summed E-state index contributed by atoms with van der Waals surface area (Å²) in [7, 11) is 2.25. The number of rotatable bonds is 4. The summed E-state index contributed by atoms with van der Waals surface area (Å²) in [5, 5.41) is 3.56. The van der Waals surface area contributed by atoms with Gasteiger partial charge in [-0.3, -0.25) is 0 Å². The Kier molecular flexibility index (Phi) is 3.74. The Morgan fingerprint density at radius 1 is 1.46 bits per heavy atom. The molecule has 1 unspecified atom stereocenters. The van der Waals surface area contributed by atoms with Crippen molar-refractivity contribution in [2.24, 2.45) is 0 Å². The Labute approximate surface area is 82.7 Å². The zero-order valence-corrected chi connectivity index (χ0v) is 9.56. The monoisotopic (exact) mass is 184 g/mol. The molecule has 0 saturated carbocycles. The van der Waals surface area contributed by atoms with Gasteiger partial charge in [0.1, 0.15) is 0 Å². The van der Waals surface area contributed by atoms with Crippen LogP contribution in [0.3, 0.4) is 0 Å². The van der Waals surface area contributed by atoms with Crippen LogP contribution in [0.4, 0.5) is 0 Å². The highest BCUT2D eigenvalue weighted by atomic mass is 15.2. The van der Waals surface area contributed by atoms with Crippen molar-refractivity contribution >= 4 is 0 Å². The van der Waals surface area contributed by atoms with Crippen LogP contribution in [0.2, 0.25) is 0 Å². The Morgan fingerprint density at radius 2 is 2.15 bits per heavy atom. The average Bonchev–Trinajstić information content (AvgIpc) is 2.42. The normalized spacial score (nSPS) is 27.0. The minimum atomic E-state index is 0.352. The first-order chi connectivity index (χ1) is 6.05. The molecule has 0 spiro atoms. The van der Waals surface area contributed by atoms with Crippen molar-refractivity contribution in [3.63, 3.8) is 0 Å². The second-order valence-electron chi connectivity index (χ2n) is 4.96. The fraction of sp³-hybridized carbons (Fsp3) is 1.00. The van der Waals surface area contributed by atoms with Gasteiger partial charge < -0.3 is 10.2 Å². The van der Waals surface area contributed by atoms with Gasteiger partial charge >= 0.3 is 0 Å². The molecule has 1 aliphatic heterocycles. The standard InChI is InChI=1S/C11H24N2/c1-5-6-7-13(4)10-8-11(2,3)12-9-10/h10,12H,5-9H2,1-4H3. The molecule has 1 rings (SSSR count). The fourth-order valence-corrected chi connectivity index (χ4v) is 2.03. The molecule has 2 heteroatoms. The molecule has 1 N–H and O–H groups in total. The van der Waals surface area contributed by atoms with Gasteiger partial charge in [0.25, 0.3) is 0 Å². The molecule has 0 radical (unpaired) electrons. The van der Waals surface area contributed by atoms with E-state index >= 15 is 0 Å². The van der Waals surface area contributed by atoms with E-state index in [2.05, 4.69) is 38.0 Å². The topological polar surface area (TPSA) is 15.3 Å². The summed E-state index contributed by atoms with van der Waals surface area (Å²) in [6.07, 6.45) is 3.91. The maximum atomic E-state index is 3.56. The predicted molar refractivity (Wildman–Crippen MR) is 58.0 cm³/mol. The number of nitrogens with one attached hydrogen (secondary N) is 1. The van der Waals surface area contributed by atoms with Gasteiger partial charge in [0, 0.05) is 18.1 Å². The molecule has 0 aliphatic carbocycles. The molecule has 78 valence electrons. The number of likely N-dealkylation sites (N-methyl/N-ethyl adjacent to an activating group) is 1. The van der Waals surface area contributed by atoms with Gasteiger partial charge in [0.05, 0.1) is 0 Å². The van der Waals surface area contributed by atoms with Crippen LogP contribution >= 0.6 is 0 Å². The molecule has 0 aromatic heterocycles. The van der Waals surface area contributed by atoms with Crippen molar-refractivity contribution in [2.45, 2.75) is 51.6 Å². The van der Waals surface area contributed by atoms with Crippen LogP contribution in [0.1, 0.15) is 40.0 Å². The minimum Gasteiger partial charge on any atom is -0.310 e. The summed E-state index contributed by atoms with van der Waals surface area (Å²) < 4.78 is 0. The molecule has 0 aromatic carbocycles. The van der Waals surface area contributed by atoms with E-state index in [0.29, 0.717) is 5.54 Å². The Morgan fingerprint density at radius 3 is 2.62 bits per heavy atom. The fourth-order valence-electron chi connectivity index (χ4n) is 2.03. The molecule has 0 bridgehead atoms. The lowest BCUT2D eigenvalue weighted by Gasteiger charge is -2.24. The number of hydrogen-bond acceptors (Lipinski definition) is 2. The zero-order chi connectivity index (χ0) is 9.90. The third kappa shape index (κ3) is 3.28. The SMILES string of the molecule is CCCCN(C)C1CNC(C)(C)C1. The van der Waals surface area contributed by atoms with Gasteiger partial charge in [-0.1, -0.05) is 13.3 Å². The summed E-state index contributed by atoms with van der Waals surface area (Å²) in [6.45, 7) is 9.25. The molecule has 1 aliphatic rings. The van der Waals surface area contributed by atoms with Crippen molar-refractivity contribution < 1.29 is 0 Å². The van der Waals surface area contributed by atoms with Gasteiger partial charge in [-0.25, -0.2) is 0 Å². The van der Waals surface area contributed by atoms with Gasteiger partial charge in [-0.05, 0) is 40.3 Å². The van der Waals surface area contributed by atoms with Crippen LogP contribution in [0.5, 0.6) is 0 Å². The van der Waals surface area contributed by atoms with Gasteiger partial charge in [-0.2, -0.15) is 0 Å². The zero-order valence-electron chi connectivity index (χ0n) is 9.56. The van der Waals surface area contributed by atoms with Crippen molar-refractivity contribution in [3.8, 4) is 0 Å². The van der Waals surface area contributed by atoms with Crippen molar-refractivity contribution in [1.29, 1.82) is 0 Å². The lowest BCUT2D eigenvalue weighted by Crippen LogP contribution is -2.33.